The van der Waals surface area contributed by atoms with E-state index in [1.54, 1.807) is 19.1 Å². The number of carboxylic acid groups (broad SMARTS) is 1. The SMILES string of the molecule is Cc1cccnc1C(=O)NC(CC(N)=O)C(=O)O. The first-order valence-corrected chi connectivity index (χ1v) is 5.15. The predicted molar refractivity (Wildman–Crippen MR) is 61.7 cm³/mol. The second kappa shape index (κ2) is 5.76. The smallest absolute Gasteiger partial charge is 0.326 e. The quantitative estimate of drug-likeness (QED) is 0.648. The summed E-state index contributed by atoms with van der Waals surface area (Å²) in [5, 5.41) is 11.0. The summed E-state index contributed by atoms with van der Waals surface area (Å²) < 4.78 is 0. The fourth-order valence-electron chi connectivity index (χ4n) is 1.35. The summed E-state index contributed by atoms with van der Waals surface area (Å²) in [6.45, 7) is 1.67. The Morgan fingerprint density at radius 1 is 1.50 bits per heavy atom. The van der Waals surface area contributed by atoms with Crippen LogP contribution in [0.3, 0.4) is 0 Å². The third-order valence-corrected chi connectivity index (χ3v) is 2.23. The summed E-state index contributed by atoms with van der Waals surface area (Å²) >= 11 is 0. The van der Waals surface area contributed by atoms with E-state index in [4.69, 9.17) is 10.8 Å². The van der Waals surface area contributed by atoms with E-state index >= 15 is 0 Å². The van der Waals surface area contributed by atoms with Crippen LogP contribution in [-0.2, 0) is 9.59 Å². The molecule has 1 rings (SSSR count). The van der Waals surface area contributed by atoms with E-state index in [0.717, 1.165) is 0 Å². The molecule has 0 saturated heterocycles. The molecule has 7 nitrogen and oxygen atoms in total. The number of amides is 2. The Hall–Kier alpha value is -2.44. The highest BCUT2D eigenvalue weighted by Gasteiger charge is 2.23. The van der Waals surface area contributed by atoms with Crippen LogP contribution in [-0.4, -0.2) is 33.9 Å². The standard InChI is InChI=1S/C11H13N3O4/c1-6-3-2-4-13-9(6)10(16)14-7(11(17)18)5-8(12)15/h2-4,7H,5H2,1H3,(H2,12,15)(H,14,16)(H,17,18). The number of aromatic nitrogens is 1. The van der Waals surface area contributed by atoms with Crippen molar-refractivity contribution in [2.24, 2.45) is 5.73 Å². The minimum Gasteiger partial charge on any atom is -0.480 e. The molecule has 1 aromatic heterocycles. The van der Waals surface area contributed by atoms with Crippen molar-refractivity contribution in [3.63, 3.8) is 0 Å². The number of rotatable bonds is 5. The van der Waals surface area contributed by atoms with E-state index in [0.29, 0.717) is 5.56 Å². The number of hydrogen-bond donors (Lipinski definition) is 3. The number of carbonyl (C=O) groups is 3. The van der Waals surface area contributed by atoms with Gasteiger partial charge in [-0.2, -0.15) is 0 Å². The lowest BCUT2D eigenvalue weighted by molar-refractivity contribution is -0.140. The maximum absolute atomic E-state index is 11.8. The Morgan fingerprint density at radius 2 is 2.17 bits per heavy atom. The highest BCUT2D eigenvalue weighted by Crippen LogP contribution is 2.04. The van der Waals surface area contributed by atoms with Crippen LogP contribution in [0.25, 0.3) is 0 Å². The zero-order valence-corrected chi connectivity index (χ0v) is 9.71. The van der Waals surface area contributed by atoms with E-state index in [1.807, 2.05) is 0 Å². The number of primary amides is 1. The van der Waals surface area contributed by atoms with Gasteiger partial charge in [0.05, 0.1) is 6.42 Å². The van der Waals surface area contributed by atoms with E-state index < -0.39 is 30.2 Å². The van der Waals surface area contributed by atoms with Gasteiger partial charge in [-0.25, -0.2) is 4.79 Å². The van der Waals surface area contributed by atoms with Gasteiger partial charge < -0.3 is 16.2 Å². The highest BCUT2D eigenvalue weighted by atomic mass is 16.4. The van der Waals surface area contributed by atoms with Crippen LogP contribution in [0, 0.1) is 6.92 Å². The average Bonchev–Trinajstić information content (AvgIpc) is 2.27. The molecule has 4 N–H and O–H groups in total. The average molecular weight is 251 g/mol. The fraction of sp³-hybridized carbons (Fsp3) is 0.273. The largest absolute Gasteiger partial charge is 0.480 e. The minimum absolute atomic E-state index is 0.119. The lowest BCUT2D eigenvalue weighted by Crippen LogP contribution is -2.43. The van der Waals surface area contributed by atoms with Crippen molar-refractivity contribution in [1.29, 1.82) is 0 Å². The third kappa shape index (κ3) is 3.55. The maximum atomic E-state index is 11.8. The minimum atomic E-state index is -1.35. The lowest BCUT2D eigenvalue weighted by atomic mass is 10.1. The molecule has 0 aliphatic rings. The van der Waals surface area contributed by atoms with Crippen molar-refractivity contribution in [2.75, 3.05) is 0 Å². The Balaban J connectivity index is 2.82. The molecule has 0 fully saturated rings. The zero-order chi connectivity index (χ0) is 13.7. The van der Waals surface area contributed by atoms with Crippen LogP contribution in [0.15, 0.2) is 18.3 Å². The molecule has 0 aliphatic heterocycles. The van der Waals surface area contributed by atoms with Crippen molar-refractivity contribution < 1.29 is 19.5 Å². The van der Waals surface area contributed by atoms with Crippen LogP contribution in [0.4, 0.5) is 0 Å². The van der Waals surface area contributed by atoms with Gasteiger partial charge in [-0.3, -0.25) is 14.6 Å². The van der Waals surface area contributed by atoms with Crippen molar-refractivity contribution in [1.82, 2.24) is 10.3 Å². The highest BCUT2D eigenvalue weighted by molar-refractivity contribution is 5.97. The molecule has 0 radical (unpaired) electrons. The second-order valence-electron chi connectivity index (χ2n) is 3.70. The molecule has 96 valence electrons. The zero-order valence-electron chi connectivity index (χ0n) is 9.71. The van der Waals surface area contributed by atoms with Crippen LogP contribution >= 0.6 is 0 Å². The Bertz CT molecular complexity index is 487. The summed E-state index contributed by atoms with van der Waals surface area (Å²) in [5.74, 6) is -2.78. The molecule has 1 aromatic rings. The van der Waals surface area contributed by atoms with Crippen molar-refractivity contribution >= 4 is 17.8 Å². The number of pyridine rings is 1. The number of nitrogens with two attached hydrogens (primary N) is 1. The van der Waals surface area contributed by atoms with Gasteiger partial charge in [0.1, 0.15) is 11.7 Å². The Morgan fingerprint density at radius 3 is 2.67 bits per heavy atom. The van der Waals surface area contributed by atoms with Gasteiger partial charge in [-0.15, -0.1) is 0 Å². The van der Waals surface area contributed by atoms with Gasteiger partial charge in [0.2, 0.25) is 5.91 Å². The number of aryl methyl sites for hydroxylation is 1. The van der Waals surface area contributed by atoms with Crippen molar-refractivity contribution in [3.8, 4) is 0 Å². The number of aliphatic carboxylic acids is 1. The first-order chi connectivity index (χ1) is 8.41. The normalized spacial score (nSPS) is 11.6. The molecule has 1 atom stereocenters. The molecule has 18 heavy (non-hydrogen) atoms. The molecule has 0 aliphatic carbocycles. The number of nitrogens with zero attached hydrogens (tertiary/aromatic N) is 1. The molecular weight excluding hydrogens is 238 g/mol. The van der Waals surface area contributed by atoms with Gasteiger partial charge in [0, 0.05) is 6.20 Å². The van der Waals surface area contributed by atoms with Crippen LogP contribution < -0.4 is 11.1 Å². The molecule has 7 heteroatoms. The summed E-state index contributed by atoms with van der Waals surface area (Å²) in [5.41, 5.74) is 5.63. The fourth-order valence-corrected chi connectivity index (χ4v) is 1.35. The topological polar surface area (TPSA) is 122 Å². The molecule has 1 heterocycles. The number of carbonyl (C=O) groups excluding carboxylic acids is 2. The van der Waals surface area contributed by atoms with E-state index in [9.17, 15) is 14.4 Å². The molecule has 2 amide bonds. The summed E-state index contributed by atoms with van der Waals surface area (Å²) in [6.07, 6.45) is 0.957. The third-order valence-electron chi connectivity index (χ3n) is 2.23. The van der Waals surface area contributed by atoms with E-state index in [2.05, 4.69) is 10.3 Å². The lowest BCUT2D eigenvalue weighted by Gasteiger charge is -2.13. The summed E-state index contributed by atoms with van der Waals surface area (Å²) in [7, 11) is 0. The molecule has 0 aromatic carbocycles. The van der Waals surface area contributed by atoms with Gasteiger partial charge in [-0.05, 0) is 18.6 Å². The number of nitrogens with one attached hydrogen (secondary N) is 1. The number of hydrogen-bond acceptors (Lipinski definition) is 4. The van der Waals surface area contributed by atoms with Crippen molar-refractivity contribution in [3.05, 3.63) is 29.6 Å². The molecule has 1 unspecified atom stereocenters. The molecular formula is C11H13N3O4. The Labute approximate surface area is 103 Å². The summed E-state index contributed by atoms with van der Waals surface area (Å²) in [6, 6.07) is 1.98. The first kappa shape index (κ1) is 13.6. The van der Waals surface area contributed by atoms with Crippen LogP contribution in [0.2, 0.25) is 0 Å². The van der Waals surface area contributed by atoms with Crippen LogP contribution in [0.5, 0.6) is 0 Å². The monoisotopic (exact) mass is 251 g/mol. The Kier molecular flexibility index (Phi) is 4.36. The molecule has 0 saturated carbocycles. The first-order valence-electron chi connectivity index (χ1n) is 5.15. The van der Waals surface area contributed by atoms with Gasteiger partial charge in [0.15, 0.2) is 0 Å². The van der Waals surface area contributed by atoms with Gasteiger partial charge >= 0.3 is 5.97 Å². The summed E-state index contributed by atoms with van der Waals surface area (Å²) in [4.78, 5) is 37.2. The van der Waals surface area contributed by atoms with Gasteiger partial charge in [0.25, 0.3) is 5.91 Å². The van der Waals surface area contributed by atoms with E-state index in [-0.39, 0.29) is 5.69 Å². The van der Waals surface area contributed by atoms with E-state index in [1.165, 1.54) is 6.20 Å². The van der Waals surface area contributed by atoms with Crippen LogP contribution in [0.1, 0.15) is 22.5 Å². The maximum Gasteiger partial charge on any atom is 0.326 e. The molecule has 0 bridgehead atoms. The predicted octanol–water partition coefficient (Wildman–Crippen LogP) is -0.552. The molecule has 0 spiro atoms. The van der Waals surface area contributed by atoms with Crippen molar-refractivity contribution in [2.45, 2.75) is 19.4 Å². The van der Waals surface area contributed by atoms with Gasteiger partial charge in [-0.1, -0.05) is 6.07 Å². The second-order valence-corrected chi connectivity index (χ2v) is 3.70. The number of carboxylic acids is 1.